The maximum atomic E-state index is 12.7. The van der Waals surface area contributed by atoms with Gasteiger partial charge in [0.05, 0.1) is 11.1 Å². The Kier molecular flexibility index (Phi) is 6.62. The summed E-state index contributed by atoms with van der Waals surface area (Å²) in [6, 6.07) is 5.30. The number of amides is 1. The van der Waals surface area contributed by atoms with E-state index in [1.54, 1.807) is 13.0 Å². The van der Waals surface area contributed by atoms with Gasteiger partial charge in [-0.3, -0.25) is 4.79 Å². The Hall–Kier alpha value is -1.56. The van der Waals surface area contributed by atoms with Gasteiger partial charge in [0.2, 0.25) is 5.91 Å². The van der Waals surface area contributed by atoms with E-state index in [0.29, 0.717) is 24.9 Å². The fourth-order valence-electron chi connectivity index (χ4n) is 2.43. The van der Waals surface area contributed by atoms with Crippen LogP contribution >= 0.6 is 0 Å². The number of halogens is 3. The fourth-order valence-corrected chi connectivity index (χ4v) is 2.43. The molecule has 2 unspecified atom stereocenters. The molecule has 1 rings (SSSR count). The molecule has 0 saturated heterocycles. The van der Waals surface area contributed by atoms with Crippen LogP contribution in [0.5, 0.6) is 0 Å². The Bertz CT molecular complexity index is 527. The van der Waals surface area contributed by atoms with Crippen LogP contribution < -0.4 is 11.1 Å². The third-order valence-corrected chi connectivity index (χ3v) is 3.93. The minimum Gasteiger partial charge on any atom is -0.354 e. The number of nitrogens with one attached hydrogen (secondary N) is 1. The van der Waals surface area contributed by atoms with Crippen molar-refractivity contribution in [3.8, 4) is 0 Å². The Balaban J connectivity index is 2.58. The van der Waals surface area contributed by atoms with E-state index >= 15 is 0 Å². The van der Waals surface area contributed by atoms with Crippen LogP contribution in [0, 0.1) is 0 Å². The molecule has 0 fully saturated rings. The summed E-state index contributed by atoms with van der Waals surface area (Å²) in [4.78, 5) is 12.0. The van der Waals surface area contributed by atoms with Gasteiger partial charge in [0.25, 0.3) is 0 Å². The van der Waals surface area contributed by atoms with Gasteiger partial charge < -0.3 is 11.1 Å². The maximum Gasteiger partial charge on any atom is 0.416 e. The number of hydrogen-bond acceptors (Lipinski definition) is 2. The topological polar surface area (TPSA) is 55.1 Å². The van der Waals surface area contributed by atoms with Crippen molar-refractivity contribution in [1.29, 1.82) is 0 Å². The van der Waals surface area contributed by atoms with Gasteiger partial charge >= 0.3 is 6.18 Å². The van der Waals surface area contributed by atoms with Gasteiger partial charge in [-0.1, -0.05) is 38.5 Å². The van der Waals surface area contributed by atoms with E-state index < -0.39 is 17.3 Å². The molecule has 0 spiro atoms. The first kappa shape index (κ1) is 19.5. The second kappa shape index (κ2) is 7.81. The number of carbonyl (C=O) groups is 1. The summed E-state index contributed by atoms with van der Waals surface area (Å²) in [7, 11) is 0. The molecule has 3 nitrogen and oxygen atoms in total. The summed E-state index contributed by atoms with van der Waals surface area (Å²) in [6.07, 6.45) is -2.40. The van der Waals surface area contributed by atoms with E-state index in [-0.39, 0.29) is 11.8 Å². The fraction of sp³-hybridized carbons (Fsp3) is 0.588. The van der Waals surface area contributed by atoms with Crippen molar-refractivity contribution < 1.29 is 18.0 Å². The minimum atomic E-state index is -4.34. The molecule has 23 heavy (non-hydrogen) atoms. The highest BCUT2D eigenvalue weighted by Crippen LogP contribution is 2.31. The molecular weight excluding hydrogens is 305 g/mol. The van der Waals surface area contributed by atoms with Crippen LogP contribution in [-0.4, -0.2) is 18.0 Å². The average molecular weight is 330 g/mol. The number of nitrogens with two attached hydrogens (primary N) is 1. The number of rotatable bonds is 7. The van der Waals surface area contributed by atoms with Crippen LogP contribution in [0.2, 0.25) is 0 Å². The lowest BCUT2D eigenvalue weighted by Gasteiger charge is -2.23. The highest BCUT2D eigenvalue weighted by atomic mass is 19.4. The van der Waals surface area contributed by atoms with Crippen LogP contribution in [0.4, 0.5) is 13.2 Å². The van der Waals surface area contributed by atoms with Crippen molar-refractivity contribution in [1.82, 2.24) is 5.32 Å². The molecule has 0 bridgehead atoms. The van der Waals surface area contributed by atoms with Crippen LogP contribution in [0.3, 0.4) is 0 Å². The molecule has 1 amide bonds. The lowest BCUT2D eigenvalue weighted by atomic mass is 9.94. The zero-order valence-electron chi connectivity index (χ0n) is 13.8. The van der Waals surface area contributed by atoms with Crippen molar-refractivity contribution in [2.75, 3.05) is 6.54 Å². The Morgan fingerprint density at radius 2 is 2.00 bits per heavy atom. The quantitative estimate of drug-likeness (QED) is 0.798. The summed E-state index contributed by atoms with van der Waals surface area (Å²) < 4.78 is 38.2. The van der Waals surface area contributed by atoms with E-state index in [1.165, 1.54) is 6.07 Å². The van der Waals surface area contributed by atoms with Crippen molar-refractivity contribution in [3.05, 3.63) is 35.4 Å². The summed E-state index contributed by atoms with van der Waals surface area (Å²) in [5.41, 5.74) is 4.98. The van der Waals surface area contributed by atoms with E-state index in [4.69, 9.17) is 5.73 Å². The molecule has 0 radical (unpaired) electrons. The van der Waals surface area contributed by atoms with Gasteiger partial charge in [-0.25, -0.2) is 0 Å². The second-order valence-electron chi connectivity index (χ2n) is 6.24. The monoisotopic (exact) mass is 330 g/mol. The third-order valence-electron chi connectivity index (χ3n) is 3.93. The largest absolute Gasteiger partial charge is 0.416 e. The predicted molar refractivity (Wildman–Crippen MR) is 85.0 cm³/mol. The molecule has 0 saturated carbocycles. The lowest BCUT2D eigenvalue weighted by molar-refractivity contribution is -0.137. The number of hydrogen-bond donors (Lipinski definition) is 2. The Labute approximate surface area is 135 Å². The molecule has 0 aliphatic heterocycles. The maximum absolute atomic E-state index is 12.7. The first-order chi connectivity index (χ1) is 10.6. The van der Waals surface area contributed by atoms with Crippen molar-refractivity contribution in [3.63, 3.8) is 0 Å². The molecule has 0 aromatic heterocycles. The standard InChI is InChI=1S/C17H25F3N2O/c1-4-9-16(3,21)15(23)22-10-8-12(2)13-6-5-7-14(11-13)17(18,19)20/h5-7,11-12H,4,8-10,21H2,1-3H3,(H,22,23). The van der Waals surface area contributed by atoms with E-state index in [1.807, 2.05) is 13.8 Å². The molecule has 130 valence electrons. The van der Waals surface area contributed by atoms with Crippen molar-refractivity contribution >= 4 is 5.91 Å². The molecule has 0 aliphatic rings. The van der Waals surface area contributed by atoms with Crippen LogP contribution in [0.15, 0.2) is 24.3 Å². The first-order valence-corrected chi connectivity index (χ1v) is 7.82. The minimum absolute atomic E-state index is 0.0900. The normalized spacial score (nSPS) is 15.8. The van der Waals surface area contributed by atoms with Gasteiger partial charge in [0.1, 0.15) is 0 Å². The zero-order valence-corrected chi connectivity index (χ0v) is 13.8. The van der Waals surface area contributed by atoms with Gasteiger partial charge in [0, 0.05) is 6.54 Å². The Morgan fingerprint density at radius 3 is 2.57 bits per heavy atom. The van der Waals surface area contributed by atoms with Gasteiger partial charge in [-0.15, -0.1) is 0 Å². The predicted octanol–water partition coefficient (Wildman–Crippen LogP) is 3.83. The average Bonchev–Trinajstić information content (AvgIpc) is 2.46. The van der Waals surface area contributed by atoms with E-state index in [2.05, 4.69) is 5.32 Å². The van der Waals surface area contributed by atoms with Gasteiger partial charge in [-0.05, 0) is 37.3 Å². The number of alkyl halides is 3. The molecule has 2 atom stereocenters. The summed E-state index contributed by atoms with van der Waals surface area (Å²) >= 11 is 0. The lowest BCUT2D eigenvalue weighted by Crippen LogP contribution is -2.51. The molecular formula is C17H25F3N2O. The first-order valence-electron chi connectivity index (χ1n) is 7.82. The van der Waals surface area contributed by atoms with Crippen molar-refractivity contribution in [2.45, 2.75) is 57.7 Å². The highest BCUT2D eigenvalue weighted by Gasteiger charge is 2.31. The van der Waals surface area contributed by atoms with E-state index in [9.17, 15) is 18.0 Å². The summed E-state index contributed by atoms with van der Waals surface area (Å²) in [6.45, 7) is 5.86. The van der Waals surface area contributed by atoms with E-state index in [0.717, 1.165) is 18.6 Å². The second-order valence-corrected chi connectivity index (χ2v) is 6.24. The molecule has 0 heterocycles. The molecule has 1 aromatic rings. The smallest absolute Gasteiger partial charge is 0.354 e. The molecule has 0 aliphatic carbocycles. The van der Waals surface area contributed by atoms with Gasteiger partial charge in [-0.2, -0.15) is 13.2 Å². The zero-order chi connectivity index (χ0) is 17.7. The molecule has 3 N–H and O–H groups in total. The van der Waals surface area contributed by atoms with Crippen LogP contribution in [0.1, 0.15) is 57.1 Å². The van der Waals surface area contributed by atoms with Crippen LogP contribution in [-0.2, 0) is 11.0 Å². The van der Waals surface area contributed by atoms with Crippen LogP contribution in [0.25, 0.3) is 0 Å². The molecule has 1 aromatic carbocycles. The summed E-state index contributed by atoms with van der Waals surface area (Å²) in [5, 5.41) is 2.77. The highest BCUT2D eigenvalue weighted by molar-refractivity contribution is 5.85. The number of benzene rings is 1. The van der Waals surface area contributed by atoms with Crippen molar-refractivity contribution in [2.24, 2.45) is 5.73 Å². The Morgan fingerprint density at radius 1 is 1.35 bits per heavy atom. The van der Waals surface area contributed by atoms with Gasteiger partial charge in [0.15, 0.2) is 0 Å². The molecule has 6 heteroatoms. The summed E-state index contributed by atoms with van der Waals surface area (Å²) in [5.74, 6) is -0.316. The number of carbonyl (C=O) groups excluding carboxylic acids is 1. The third kappa shape index (κ3) is 5.86. The SMILES string of the molecule is CCCC(C)(N)C(=O)NCCC(C)c1cccc(C(F)(F)F)c1.